The summed E-state index contributed by atoms with van der Waals surface area (Å²) in [6.45, 7) is 3.32. The van der Waals surface area contributed by atoms with Gasteiger partial charge in [-0.05, 0) is 50.3 Å². The fraction of sp³-hybridized carbons (Fsp3) is 0.405. The van der Waals surface area contributed by atoms with Crippen molar-refractivity contribution in [3.63, 3.8) is 0 Å². The van der Waals surface area contributed by atoms with Gasteiger partial charge in [0.1, 0.15) is 58.1 Å². The molecule has 2 fully saturated rings. The number of hydrogen-bond donors (Lipinski definition) is 2. The first-order valence-corrected chi connectivity index (χ1v) is 18.7. The molecule has 288 valence electrons. The number of ether oxygens (including phenoxy) is 2. The van der Waals surface area contributed by atoms with Crippen LogP contribution < -0.4 is 25.8 Å². The van der Waals surface area contributed by atoms with Crippen molar-refractivity contribution in [2.45, 2.75) is 51.0 Å². The summed E-state index contributed by atoms with van der Waals surface area (Å²) in [5.74, 6) is -3.02. The van der Waals surface area contributed by atoms with Crippen LogP contribution in [-0.4, -0.2) is 65.4 Å². The predicted molar refractivity (Wildman–Crippen MR) is 197 cm³/mol. The number of fused-ring (bicyclic) bond motifs is 1. The number of piperidine rings is 1. The second kappa shape index (κ2) is 13.7. The maximum Gasteiger partial charge on any atom is 0.420 e. The first-order valence-electron chi connectivity index (χ1n) is 17.5. The molecule has 0 bridgehead atoms. The molecular formula is C37H33ClF6N8O2S. The molecule has 4 N–H and O–H groups in total. The number of nitriles is 1. The summed E-state index contributed by atoms with van der Waals surface area (Å²) < 4.78 is 105. The number of anilines is 3. The van der Waals surface area contributed by atoms with Crippen molar-refractivity contribution >= 4 is 60.6 Å². The maximum atomic E-state index is 17.4. The second-order valence-corrected chi connectivity index (χ2v) is 15.8. The minimum Gasteiger partial charge on any atom is -0.490 e. The number of thiophene rings is 1. The first-order chi connectivity index (χ1) is 26.2. The highest BCUT2D eigenvalue weighted by atomic mass is 35.5. The van der Waals surface area contributed by atoms with Gasteiger partial charge in [-0.2, -0.15) is 28.4 Å². The Morgan fingerprint density at radius 3 is 2.58 bits per heavy atom. The van der Waals surface area contributed by atoms with Gasteiger partial charge in [0.2, 0.25) is 0 Å². The standard InChI is InChI=1S/C37H33ClF6N8O2S/c1-17(21-12-18(38)14-48-32(21)46)52-10-11-53-30-26-29(49-35(50-34(26)52)54-16-36(6-7-36)15-51-8-4-19(39)5-9-51)28(41)25(27(30)37(42,43)44)20-2-3-23(40)31-24(20)22(13-45)33(47)55-31/h2-3,12,14,17,19H,4-11,15-16,47H2,1H3,(H2,46,48)/t17-/m1/s1. The molecule has 18 heteroatoms. The van der Waals surface area contributed by atoms with Gasteiger partial charge in [-0.3, -0.25) is 0 Å². The zero-order valence-corrected chi connectivity index (χ0v) is 30.8. The lowest BCUT2D eigenvalue weighted by Crippen LogP contribution is -2.39. The summed E-state index contributed by atoms with van der Waals surface area (Å²) in [4.78, 5) is 16.9. The largest absolute Gasteiger partial charge is 0.490 e. The minimum absolute atomic E-state index is 0.0451. The number of aromatic nitrogens is 3. The number of nitrogen functional groups attached to an aromatic ring is 2. The molecule has 5 aromatic rings. The van der Waals surface area contributed by atoms with Gasteiger partial charge in [0.05, 0.1) is 39.9 Å². The smallest absolute Gasteiger partial charge is 0.420 e. The lowest BCUT2D eigenvalue weighted by atomic mass is 9.91. The van der Waals surface area contributed by atoms with Crippen LogP contribution in [0.3, 0.4) is 0 Å². The predicted octanol–water partition coefficient (Wildman–Crippen LogP) is 8.45. The van der Waals surface area contributed by atoms with Gasteiger partial charge >= 0.3 is 12.2 Å². The van der Waals surface area contributed by atoms with Gasteiger partial charge in [0, 0.05) is 47.8 Å². The normalized spacial score (nSPS) is 17.9. The minimum atomic E-state index is -5.24. The Balaban J connectivity index is 1.35. The lowest BCUT2D eigenvalue weighted by molar-refractivity contribution is -0.138. The van der Waals surface area contributed by atoms with Crippen LogP contribution in [-0.2, 0) is 6.18 Å². The SMILES string of the molecule is C[C@H](c1cc(Cl)cnc1N)N1CCOc2c(C(F)(F)F)c(-c3ccc(F)c4sc(N)c(C#N)c34)c(F)c3nc(OCC4(CN5CCC(F)CC5)CC4)nc1c23. The lowest BCUT2D eigenvalue weighted by Gasteiger charge is -2.32. The molecule has 2 aromatic carbocycles. The Morgan fingerprint density at radius 1 is 1.15 bits per heavy atom. The molecule has 0 spiro atoms. The summed E-state index contributed by atoms with van der Waals surface area (Å²) >= 11 is 6.94. The van der Waals surface area contributed by atoms with Crippen LogP contribution in [0.1, 0.15) is 55.3 Å². The number of pyridine rings is 1. The number of benzene rings is 2. The second-order valence-electron chi connectivity index (χ2n) is 14.3. The van der Waals surface area contributed by atoms with Gasteiger partial charge in [-0.25, -0.2) is 18.2 Å². The van der Waals surface area contributed by atoms with Crippen molar-refractivity contribution in [1.82, 2.24) is 19.9 Å². The van der Waals surface area contributed by atoms with Crippen LogP contribution in [0.2, 0.25) is 5.02 Å². The molecule has 3 aliphatic rings. The molecule has 1 saturated carbocycles. The van der Waals surface area contributed by atoms with Crippen molar-refractivity contribution in [2.75, 3.05) is 55.8 Å². The van der Waals surface area contributed by atoms with E-state index in [1.54, 1.807) is 17.9 Å². The number of rotatable bonds is 8. The molecule has 3 aromatic heterocycles. The first kappa shape index (κ1) is 37.1. The average molecular weight is 803 g/mol. The molecular weight excluding hydrogens is 770 g/mol. The molecule has 2 aliphatic heterocycles. The van der Waals surface area contributed by atoms with Gasteiger partial charge < -0.3 is 30.7 Å². The molecule has 0 amide bonds. The van der Waals surface area contributed by atoms with Crippen LogP contribution in [0.25, 0.3) is 32.1 Å². The molecule has 0 unspecified atom stereocenters. The molecule has 1 atom stereocenters. The third-order valence-corrected chi connectivity index (χ3v) is 11.9. The van der Waals surface area contributed by atoms with Crippen molar-refractivity contribution < 1.29 is 35.8 Å². The van der Waals surface area contributed by atoms with Crippen LogP contribution in [0.5, 0.6) is 11.8 Å². The quantitative estimate of drug-likeness (QED) is 0.147. The summed E-state index contributed by atoms with van der Waals surface area (Å²) in [5, 5.41) is 9.41. The van der Waals surface area contributed by atoms with Crippen molar-refractivity contribution in [3.8, 4) is 29.0 Å². The van der Waals surface area contributed by atoms with E-state index in [4.69, 9.17) is 32.5 Å². The third-order valence-electron chi connectivity index (χ3n) is 10.7. The number of likely N-dealkylation sites (tertiary alicyclic amines) is 1. The maximum absolute atomic E-state index is 17.4. The summed E-state index contributed by atoms with van der Waals surface area (Å²) in [7, 11) is 0. The van der Waals surface area contributed by atoms with E-state index < -0.39 is 58.0 Å². The van der Waals surface area contributed by atoms with E-state index in [1.165, 1.54) is 6.20 Å². The Labute approximate surface area is 319 Å². The van der Waals surface area contributed by atoms with Crippen LogP contribution in [0.15, 0.2) is 24.4 Å². The third kappa shape index (κ3) is 6.57. The van der Waals surface area contributed by atoms with Crippen LogP contribution in [0, 0.1) is 28.4 Å². The van der Waals surface area contributed by atoms with E-state index >= 15 is 22.0 Å². The fourth-order valence-corrected chi connectivity index (χ4v) is 8.80. The average Bonchev–Trinajstić information content (AvgIpc) is 3.86. The number of alkyl halides is 4. The van der Waals surface area contributed by atoms with E-state index in [0.717, 1.165) is 25.0 Å². The zero-order chi connectivity index (χ0) is 39.0. The van der Waals surface area contributed by atoms with E-state index in [2.05, 4.69) is 19.9 Å². The Bertz CT molecular complexity index is 2390. The molecule has 55 heavy (non-hydrogen) atoms. The highest BCUT2D eigenvalue weighted by Gasteiger charge is 2.47. The molecule has 8 rings (SSSR count). The number of halogens is 7. The summed E-state index contributed by atoms with van der Waals surface area (Å²) in [5.41, 5.74) is 8.63. The van der Waals surface area contributed by atoms with E-state index in [1.807, 2.05) is 6.07 Å². The van der Waals surface area contributed by atoms with Crippen LogP contribution in [0.4, 0.5) is 43.0 Å². The number of nitrogens with zero attached hydrogens (tertiary/aromatic N) is 6. The highest BCUT2D eigenvalue weighted by molar-refractivity contribution is 7.23. The number of hydrogen-bond acceptors (Lipinski definition) is 11. The van der Waals surface area contributed by atoms with Crippen molar-refractivity contribution in [3.05, 3.63) is 57.7 Å². The van der Waals surface area contributed by atoms with E-state index in [0.29, 0.717) is 49.4 Å². The van der Waals surface area contributed by atoms with E-state index in [9.17, 15) is 9.65 Å². The zero-order valence-electron chi connectivity index (χ0n) is 29.2. The molecule has 10 nitrogen and oxygen atoms in total. The Hall–Kier alpha value is -4.79. The Morgan fingerprint density at radius 2 is 1.89 bits per heavy atom. The molecule has 0 radical (unpaired) electrons. The van der Waals surface area contributed by atoms with Crippen molar-refractivity contribution in [2.24, 2.45) is 5.41 Å². The van der Waals surface area contributed by atoms with Crippen LogP contribution >= 0.6 is 22.9 Å². The monoisotopic (exact) mass is 802 g/mol. The van der Waals surface area contributed by atoms with Gasteiger partial charge in [0.25, 0.3) is 0 Å². The van der Waals surface area contributed by atoms with Gasteiger partial charge in [0.15, 0.2) is 5.82 Å². The van der Waals surface area contributed by atoms with Crippen molar-refractivity contribution in [1.29, 1.82) is 5.26 Å². The molecule has 1 saturated heterocycles. The highest BCUT2D eigenvalue weighted by Crippen LogP contribution is 2.54. The number of nitrogens with two attached hydrogens (primary N) is 2. The van der Waals surface area contributed by atoms with Gasteiger partial charge in [-0.1, -0.05) is 17.7 Å². The summed E-state index contributed by atoms with van der Waals surface area (Å²) in [6, 6.07) is 4.27. The topological polar surface area (TPSA) is 139 Å². The van der Waals surface area contributed by atoms with Gasteiger partial charge in [-0.15, -0.1) is 11.3 Å². The van der Waals surface area contributed by atoms with E-state index in [-0.39, 0.29) is 73.9 Å². The fourth-order valence-electron chi connectivity index (χ4n) is 7.69. The molecule has 1 aliphatic carbocycles. The summed E-state index contributed by atoms with van der Waals surface area (Å²) in [6.07, 6.45) is -2.22. The Kier molecular flexibility index (Phi) is 9.29. The molecule has 5 heterocycles.